The summed E-state index contributed by atoms with van der Waals surface area (Å²) >= 11 is 0. The number of anilines is 2. The van der Waals surface area contributed by atoms with Gasteiger partial charge in [-0.2, -0.15) is 5.26 Å². The second kappa shape index (κ2) is 20.6. The Morgan fingerprint density at radius 2 is 1.48 bits per heavy atom. The van der Waals surface area contributed by atoms with Gasteiger partial charge in [-0.15, -0.1) is 0 Å². The van der Waals surface area contributed by atoms with Gasteiger partial charge in [-0.3, -0.25) is 4.79 Å². The minimum Gasteiger partial charge on any atom is -0.445 e. The minimum absolute atomic E-state index is 0.0338. The maximum absolute atomic E-state index is 13.6. The van der Waals surface area contributed by atoms with E-state index in [9.17, 15) is 19.5 Å². The van der Waals surface area contributed by atoms with Gasteiger partial charge < -0.3 is 40.4 Å². The van der Waals surface area contributed by atoms with Gasteiger partial charge in [0.05, 0.1) is 36.2 Å². The number of nitriles is 1. The summed E-state index contributed by atoms with van der Waals surface area (Å²) in [5.74, 6) is 0.286. The number of rotatable bonds is 19. The van der Waals surface area contributed by atoms with Crippen LogP contribution in [0.4, 0.5) is 21.1 Å². The van der Waals surface area contributed by atoms with Crippen molar-refractivity contribution in [2.45, 2.75) is 57.6 Å². The van der Waals surface area contributed by atoms with Gasteiger partial charge in [-0.25, -0.2) is 19.2 Å². The summed E-state index contributed by atoms with van der Waals surface area (Å²) in [4.78, 5) is 43.3. The van der Waals surface area contributed by atoms with E-state index in [1.807, 2.05) is 89.5 Å². The van der Waals surface area contributed by atoms with Gasteiger partial charge in [-0.1, -0.05) is 84.9 Å². The molecule has 2 atom stereocenters. The molecule has 4 aromatic carbocycles. The van der Waals surface area contributed by atoms with Crippen LogP contribution < -0.4 is 21.3 Å². The summed E-state index contributed by atoms with van der Waals surface area (Å²) < 4.78 is 17.5. The Morgan fingerprint density at radius 1 is 0.810 bits per heavy atom. The van der Waals surface area contributed by atoms with Crippen molar-refractivity contribution in [1.29, 1.82) is 5.26 Å². The molecule has 0 radical (unpaired) electrons. The van der Waals surface area contributed by atoms with Crippen LogP contribution >= 0.6 is 0 Å². The van der Waals surface area contributed by atoms with Crippen molar-refractivity contribution in [3.8, 4) is 17.6 Å². The number of hydrogen-bond donors (Lipinski definition) is 5. The van der Waals surface area contributed by atoms with E-state index in [0.29, 0.717) is 60.0 Å². The van der Waals surface area contributed by atoms with Crippen molar-refractivity contribution in [2.24, 2.45) is 0 Å². The highest BCUT2D eigenvalue weighted by Crippen LogP contribution is 2.30. The summed E-state index contributed by atoms with van der Waals surface area (Å²) in [5, 5.41) is 39.6. The Hall–Kier alpha value is -7.25. The monoisotopic (exact) mass is 785 g/mol. The lowest BCUT2D eigenvalue weighted by atomic mass is 10.1. The van der Waals surface area contributed by atoms with Crippen molar-refractivity contribution < 1.29 is 33.6 Å². The number of nitrogens with zero attached hydrogens (tertiary/aromatic N) is 5. The van der Waals surface area contributed by atoms with Crippen LogP contribution in [0.1, 0.15) is 48.5 Å². The molecule has 0 aliphatic carbocycles. The third-order valence-electron chi connectivity index (χ3n) is 9.03. The molecule has 3 amide bonds. The number of amides is 3. The number of aliphatic hydroxyl groups excluding tert-OH is 1. The highest BCUT2D eigenvalue weighted by molar-refractivity contribution is 5.96. The Labute approximate surface area is 334 Å². The first-order valence-corrected chi connectivity index (χ1v) is 18.8. The maximum Gasteiger partial charge on any atom is 0.408 e. The number of benzene rings is 4. The van der Waals surface area contributed by atoms with Crippen molar-refractivity contribution in [3.05, 3.63) is 126 Å². The van der Waals surface area contributed by atoms with Gasteiger partial charge in [0, 0.05) is 18.8 Å². The predicted octanol–water partition coefficient (Wildman–Crippen LogP) is 6.48. The zero-order valence-corrected chi connectivity index (χ0v) is 31.5. The molecule has 0 spiro atoms. The lowest BCUT2D eigenvalue weighted by Crippen LogP contribution is -2.44. The number of ether oxygens (including phenoxy) is 2. The van der Waals surface area contributed by atoms with Crippen LogP contribution in [0.15, 0.2) is 114 Å². The maximum atomic E-state index is 13.6. The largest absolute Gasteiger partial charge is 0.445 e. The zero-order valence-electron chi connectivity index (χ0n) is 31.5. The molecule has 5 N–H and O–H groups in total. The van der Waals surface area contributed by atoms with Gasteiger partial charge in [0.2, 0.25) is 11.7 Å². The molecule has 2 heterocycles. The second-order valence-corrected chi connectivity index (χ2v) is 13.2. The van der Waals surface area contributed by atoms with Crippen molar-refractivity contribution in [2.75, 3.05) is 23.7 Å². The molecule has 0 saturated carbocycles. The fourth-order valence-corrected chi connectivity index (χ4v) is 6.04. The standard InChI is InChI=1S/C42H43N9O7/c43-23-11-25-44-38-37(49-58-50-38)39-47-33-16-7-8-18-35(33)51(39)26-36(52)31-19-21-32(22-20-31)46-40(53)34(48-42(55)57-28-30-14-5-2-6-15-30)17-9-10-24-45-41(54)56-27-29-12-3-1-4-13-29/h1-8,12-16,18-22,34,36,52H,9-11,17,24-28H2,(H,44,50)(H,45,54)(H,46,53)(H,48,55). The quantitative estimate of drug-likeness (QED) is 0.0558. The fraction of sp³-hybridized carbons (Fsp3) is 0.262. The lowest BCUT2D eigenvalue weighted by molar-refractivity contribution is -0.118. The van der Waals surface area contributed by atoms with Crippen LogP contribution in [0, 0.1) is 11.3 Å². The average molecular weight is 786 g/mol. The summed E-state index contributed by atoms with van der Waals surface area (Å²) in [7, 11) is 0. The second-order valence-electron chi connectivity index (χ2n) is 13.2. The third kappa shape index (κ3) is 11.4. The van der Waals surface area contributed by atoms with Crippen LogP contribution in [0.5, 0.6) is 0 Å². The highest BCUT2D eigenvalue weighted by Gasteiger charge is 2.24. The fourth-order valence-electron chi connectivity index (χ4n) is 6.04. The van der Waals surface area contributed by atoms with E-state index in [-0.39, 0.29) is 32.6 Å². The normalized spacial score (nSPS) is 11.9. The molecule has 16 heteroatoms. The zero-order chi connectivity index (χ0) is 40.5. The summed E-state index contributed by atoms with van der Waals surface area (Å²) in [6.07, 6.45) is -0.747. The van der Waals surface area contributed by atoms with Crippen LogP contribution in [0.25, 0.3) is 22.6 Å². The van der Waals surface area contributed by atoms with Crippen molar-refractivity contribution in [1.82, 2.24) is 30.5 Å². The van der Waals surface area contributed by atoms with E-state index in [0.717, 1.165) is 16.6 Å². The van der Waals surface area contributed by atoms with Gasteiger partial charge in [0.25, 0.3) is 0 Å². The number of aliphatic hydroxyl groups is 1. The molecule has 0 aliphatic heterocycles. The van der Waals surface area contributed by atoms with E-state index in [4.69, 9.17) is 24.3 Å². The molecule has 58 heavy (non-hydrogen) atoms. The SMILES string of the molecule is N#CCCNc1nonc1-c1nc2ccccc2n1CC(O)c1ccc(NC(=O)C(CCCCNC(=O)OCc2ccccc2)NC(=O)OCc2ccccc2)cc1. The first-order chi connectivity index (χ1) is 28.4. The number of alkyl carbamates (subject to hydrolysis) is 2. The van der Waals surface area contributed by atoms with Crippen LogP contribution in [-0.2, 0) is 34.0 Å². The van der Waals surface area contributed by atoms with Gasteiger partial charge in [0.15, 0.2) is 11.5 Å². The number of aromatic nitrogens is 4. The molecule has 6 rings (SSSR count). The highest BCUT2D eigenvalue weighted by atomic mass is 16.6. The molecular formula is C42H43N9O7. The van der Waals surface area contributed by atoms with Crippen LogP contribution in [0.3, 0.4) is 0 Å². The van der Waals surface area contributed by atoms with E-state index in [1.54, 1.807) is 24.3 Å². The number of carbonyl (C=O) groups is 3. The summed E-state index contributed by atoms with van der Waals surface area (Å²) in [6, 6.07) is 33.8. The molecular weight excluding hydrogens is 743 g/mol. The van der Waals surface area contributed by atoms with Gasteiger partial charge >= 0.3 is 12.2 Å². The number of para-hydroxylation sites is 2. The van der Waals surface area contributed by atoms with Crippen molar-refractivity contribution in [3.63, 3.8) is 0 Å². The molecule has 0 fully saturated rings. The molecule has 0 aliphatic rings. The molecule has 2 aromatic heterocycles. The smallest absolute Gasteiger partial charge is 0.408 e. The van der Waals surface area contributed by atoms with Crippen LogP contribution in [0.2, 0.25) is 0 Å². The first-order valence-electron chi connectivity index (χ1n) is 18.8. The summed E-state index contributed by atoms with van der Waals surface area (Å²) in [6.45, 7) is 0.938. The van der Waals surface area contributed by atoms with Crippen molar-refractivity contribution >= 4 is 40.6 Å². The summed E-state index contributed by atoms with van der Waals surface area (Å²) in [5.41, 5.74) is 4.46. The number of fused-ring (bicyclic) bond motifs is 1. The first kappa shape index (κ1) is 40.4. The number of nitrogens with one attached hydrogen (secondary N) is 4. The number of hydrogen-bond acceptors (Lipinski definition) is 12. The Morgan fingerprint density at radius 3 is 2.19 bits per heavy atom. The molecule has 298 valence electrons. The number of unbranched alkanes of at least 4 members (excludes halogenated alkanes) is 1. The minimum atomic E-state index is -0.992. The Kier molecular flexibility index (Phi) is 14.4. The Balaban J connectivity index is 1.07. The van der Waals surface area contributed by atoms with E-state index in [2.05, 4.69) is 37.6 Å². The molecule has 0 saturated heterocycles. The number of imidazole rings is 1. The van der Waals surface area contributed by atoms with E-state index in [1.165, 1.54) is 0 Å². The van der Waals surface area contributed by atoms with E-state index >= 15 is 0 Å². The Bertz CT molecular complexity index is 2290. The molecule has 16 nitrogen and oxygen atoms in total. The molecule has 2 unspecified atom stereocenters. The predicted molar refractivity (Wildman–Crippen MR) is 214 cm³/mol. The number of carbonyl (C=O) groups excluding carboxylic acids is 3. The van der Waals surface area contributed by atoms with E-state index < -0.39 is 30.2 Å². The average Bonchev–Trinajstić information content (AvgIpc) is 3.87. The third-order valence-corrected chi connectivity index (χ3v) is 9.03. The van der Waals surface area contributed by atoms with Gasteiger partial charge in [0.1, 0.15) is 19.3 Å². The molecule has 6 aromatic rings. The topological polar surface area (TPSA) is 219 Å². The van der Waals surface area contributed by atoms with Gasteiger partial charge in [-0.05, 0) is 70.5 Å². The van der Waals surface area contributed by atoms with Crippen LogP contribution in [-0.4, -0.2) is 62.2 Å². The molecule has 0 bridgehead atoms. The lowest BCUT2D eigenvalue weighted by Gasteiger charge is -2.19.